The molecule has 172 valence electrons. The summed E-state index contributed by atoms with van der Waals surface area (Å²) in [5, 5.41) is 0. The van der Waals surface area contributed by atoms with Crippen LogP contribution in [0, 0.1) is 0 Å². The molecule has 0 spiro atoms. The van der Waals surface area contributed by atoms with E-state index in [0.717, 1.165) is 24.8 Å². The maximum atomic E-state index is 13.1. The predicted molar refractivity (Wildman–Crippen MR) is 124 cm³/mol. The molecule has 0 atom stereocenters. The normalized spacial score (nSPS) is 14.2. The Labute approximate surface area is 193 Å². The smallest absolute Gasteiger partial charge is 0.260 e. The van der Waals surface area contributed by atoms with Gasteiger partial charge in [-0.25, -0.2) is 4.98 Å². The number of fused-ring (bicyclic) bond motifs is 2. The highest BCUT2D eigenvalue weighted by molar-refractivity contribution is 5.77. The largest absolute Gasteiger partial charge is 0.497 e. The van der Waals surface area contributed by atoms with Gasteiger partial charge in [-0.2, -0.15) is 0 Å². The van der Waals surface area contributed by atoms with Crippen LogP contribution < -0.4 is 18.9 Å². The van der Waals surface area contributed by atoms with Crippen molar-refractivity contribution in [2.45, 2.75) is 25.8 Å². The zero-order valence-electron chi connectivity index (χ0n) is 18.7. The number of nitrogens with zero attached hydrogens (tertiary/aromatic N) is 2. The Bertz CT molecular complexity index is 1070. The monoisotopic (exact) mass is 448 g/mol. The molecule has 2 heterocycles. The molecule has 7 nitrogen and oxygen atoms in total. The highest BCUT2D eigenvalue weighted by Crippen LogP contribution is 2.32. The lowest BCUT2D eigenvalue weighted by atomic mass is 10.2. The SMILES string of the molecule is COc1cccc(OCC(=O)N2CCCCCOc3ccccc3Oc3ncccc3C2)c1. The Balaban J connectivity index is 1.52. The standard InChI is InChI=1S/C26H28N2O5/c1-30-21-10-7-11-22(17-21)32-19-25(29)28-15-5-2-6-16-31-23-12-3-4-13-24(23)33-26-20(18-28)9-8-14-27-26/h3-4,7-14,17H,2,5-6,15-16,18-19H2,1H3. The topological polar surface area (TPSA) is 70.1 Å². The third kappa shape index (κ3) is 6.16. The summed E-state index contributed by atoms with van der Waals surface area (Å²) in [5.41, 5.74) is 0.821. The maximum absolute atomic E-state index is 13.1. The molecule has 0 bridgehead atoms. The minimum Gasteiger partial charge on any atom is -0.497 e. The molecule has 2 aromatic carbocycles. The van der Waals surface area contributed by atoms with E-state index >= 15 is 0 Å². The lowest BCUT2D eigenvalue weighted by molar-refractivity contribution is -0.134. The lowest BCUT2D eigenvalue weighted by Gasteiger charge is -2.23. The van der Waals surface area contributed by atoms with Crippen molar-refractivity contribution in [3.05, 3.63) is 72.4 Å². The average molecular weight is 449 g/mol. The Morgan fingerprint density at radius 3 is 2.73 bits per heavy atom. The van der Waals surface area contributed by atoms with Crippen molar-refractivity contribution in [3.63, 3.8) is 0 Å². The van der Waals surface area contributed by atoms with Gasteiger partial charge in [0.25, 0.3) is 5.91 Å². The summed E-state index contributed by atoms with van der Waals surface area (Å²) >= 11 is 0. The Kier molecular flexibility index (Phi) is 7.64. The number of para-hydroxylation sites is 2. The molecule has 4 rings (SSSR count). The van der Waals surface area contributed by atoms with Gasteiger partial charge in [-0.1, -0.05) is 24.3 Å². The van der Waals surface area contributed by atoms with E-state index in [-0.39, 0.29) is 12.5 Å². The van der Waals surface area contributed by atoms with Crippen molar-refractivity contribution in [2.75, 3.05) is 26.9 Å². The van der Waals surface area contributed by atoms with E-state index in [9.17, 15) is 4.79 Å². The fraction of sp³-hybridized carbons (Fsp3) is 0.308. The number of hydrogen-bond donors (Lipinski definition) is 0. The van der Waals surface area contributed by atoms with Crippen LogP contribution in [0.2, 0.25) is 0 Å². The molecule has 0 aliphatic carbocycles. The van der Waals surface area contributed by atoms with Crippen molar-refractivity contribution in [3.8, 4) is 28.9 Å². The molecule has 1 aliphatic heterocycles. The number of methoxy groups -OCH3 is 1. The summed E-state index contributed by atoms with van der Waals surface area (Å²) in [6.45, 7) is 1.52. The molecule has 33 heavy (non-hydrogen) atoms. The van der Waals surface area contributed by atoms with Gasteiger partial charge in [0.1, 0.15) is 11.5 Å². The summed E-state index contributed by atoms with van der Waals surface area (Å²) < 4.78 is 23.0. The molecule has 7 heteroatoms. The molecule has 0 radical (unpaired) electrons. The first-order valence-electron chi connectivity index (χ1n) is 11.1. The average Bonchev–Trinajstić information content (AvgIpc) is 2.87. The minimum atomic E-state index is -0.0980. The van der Waals surface area contributed by atoms with Crippen LogP contribution in [0.4, 0.5) is 0 Å². The third-order valence-electron chi connectivity index (χ3n) is 5.35. The number of aromatic nitrogens is 1. The van der Waals surface area contributed by atoms with Gasteiger partial charge in [-0.05, 0) is 49.6 Å². The van der Waals surface area contributed by atoms with Gasteiger partial charge < -0.3 is 23.8 Å². The second-order valence-electron chi connectivity index (χ2n) is 7.71. The molecule has 0 saturated carbocycles. The number of carbonyl (C=O) groups is 1. The van der Waals surface area contributed by atoms with Crippen LogP contribution in [-0.4, -0.2) is 42.7 Å². The fourth-order valence-corrected chi connectivity index (χ4v) is 3.58. The van der Waals surface area contributed by atoms with Crippen LogP contribution >= 0.6 is 0 Å². The number of amides is 1. The Morgan fingerprint density at radius 1 is 1.00 bits per heavy atom. The van der Waals surface area contributed by atoms with Crippen LogP contribution in [0.1, 0.15) is 24.8 Å². The van der Waals surface area contributed by atoms with E-state index in [0.29, 0.717) is 48.6 Å². The van der Waals surface area contributed by atoms with Gasteiger partial charge in [0, 0.05) is 24.4 Å². The van der Waals surface area contributed by atoms with Gasteiger partial charge in [-0.3, -0.25) is 4.79 Å². The van der Waals surface area contributed by atoms with Gasteiger partial charge in [0.05, 0.1) is 20.3 Å². The van der Waals surface area contributed by atoms with Crippen molar-refractivity contribution >= 4 is 5.91 Å². The summed E-state index contributed by atoms with van der Waals surface area (Å²) in [5.74, 6) is 2.93. The number of carbonyl (C=O) groups excluding carboxylic acids is 1. The number of pyridine rings is 1. The molecular weight excluding hydrogens is 420 g/mol. The first-order chi connectivity index (χ1) is 16.2. The minimum absolute atomic E-state index is 0.0600. The van der Waals surface area contributed by atoms with E-state index in [1.165, 1.54) is 0 Å². The van der Waals surface area contributed by atoms with Crippen LogP contribution in [0.25, 0.3) is 0 Å². The summed E-state index contributed by atoms with van der Waals surface area (Å²) in [4.78, 5) is 19.3. The Hall–Kier alpha value is -3.74. The molecule has 0 fully saturated rings. The number of hydrogen-bond acceptors (Lipinski definition) is 6. The van der Waals surface area contributed by atoms with Crippen LogP contribution in [0.15, 0.2) is 66.9 Å². The quantitative estimate of drug-likeness (QED) is 0.568. The first-order valence-corrected chi connectivity index (χ1v) is 11.1. The van der Waals surface area contributed by atoms with Gasteiger partial charge in [0.2, 0.25) is 5.88 Å². The zero-order valence-corrected chi connectivity index (χ0v) is 18.7. The van der Waals surface area contributed by atoms with Gasteiger partial charge in [-0.15, -0.1) is 0 Å². The van der Waals surface area contributed by atoms with E-state index in [1.54, 1.807) is 30.3 Å². The molecule has 0 saturated heterocycles. The summed E-state index contributed by atoms with van der Waals surface area (Å²) in [6, 6.07) is 18.6. The predicted octanol–water partition coefficient (Wildman–Crippen LogP) is 4.85. The molecule has 0 N–H and O–H groups in total. The third-order valence-corrected chi connectivity index (χ3v) is 5.35. The highest BCUT2D eigenvalue weighted by Gasteiger charge is 2.19. The van der Waals surface area contributed by atoms with Gasteiger partial charge in [0.15, 0.2) is 18.1 Å². The van der Waals surface area contributed by atoms with Crippen LogP contribution in [-0.2, 0) is 11.3 Å². The summed E-state index contributed by atoms with van der Waals surface area (Å²) in [7, 11) is 1.60. The number of benzene rings is 2. The summed E-state index contributed by atoms with van der Waals surface area (Å²) in [6.07, 6.45) is 4.39. The Morgan fingerprint density at radius 2 is 1.85 bits per heavy atom. The van der Waals surface area contributed by atoms with Crippen molar-refractivity contribution < 1.29 is 23.7 Å². The van der Waals surface area contributed by atoms with Crippen LogP contribution in [0.3, 0.4) is 0 Å². The lowest BCUT2D eigenvalue weighted by Crippen LogP contribution is -2.35. The first kappa shape index (κ1) is 22.5. The molecule has 1 aliphatic rings. The highest BCUT2D eigenvalue weighted by atomic mass is 16.5. The zero-order chi connectivity index (χ0) is 22.9. The van der Waals surface area contributed by atoms with E-state index in [2.05, 4.69) is 4.98 Å². The number of ether oxygens (including phenoxy) is 4. The molecule has 0 unspecified atom stereocenters. The second kappa shape index (κ2) is 11.2. The molecule has 3 aromatic rings. The second-order valence-corrected chi connectivity index (χ2v) is 7.71. The van der Waals surface area contributed by atoms with E-state index in [4.69, 9.17) is 18.9 Å². The maximum Gasteiger partial charge on any atom is 0.260 e. The molecular formula is C26H28N2O5. The van der Waals surface area contributed by atoms with Gasteiger partial charge >= 0.3 is 0 Å². The molecule has 1 amide bonds. The van der Waals surface area contributed by atoms with Crippen molar-refractivity contribution in [1.29, 1.82) is 0 Å². The van der Waals surface area contributed by atoms with Crippen molar-refractivity contribution in [1.82, 2.24) is 9.88 Å². The van der Waals surface area contributed by atoms with E-state index in [1.807, 2.05) is 48.5 Å². The fourth-order valence-electron chi connectivity index (χ4n) is 3.58. The van der Waals surface area contributed by atoms with Crippen molar-refractivity contribution in [2.24, 2.45) is 0 Å². The molecule has 1 aromatic heterocycles. The van der Waals surface area contributed by atoms with Crippen LogP contribution in [0.5, 0.6) is 28.9 Å². The van der Waals surface area contributed by atoms with E-state index < -0.39 is 0 Å². The number of rotatable bonds is 4.